The van der Waals surface area contributed by atoms with E-state index >= 15 is 0 Å². The molecule has 0 saturated carbocycles. The third-order valence-electron chi connectivity index (χ3n) is 3.13. The number of ether oxygens (including phenoxy) is 1. The first-order valence-corrected chi connectivity index (χ1v) is 7.88. The minimum absolute atomic E-state index is 0.0183. The fourth-order valence-electron chi connectivity index (χ4n) is 1.99. The van der Waals surface area contributed by atoms with Gasteiger partial charge in [-0.05, 0) is 5.56 Å². The number of carbonyl (C=O) groups excluding carboxylic acids is 2. The Morgan fingerprint density at radius 2 is 2.08 bits per heavy atom. The molecule has 0 atom stereocenters. The lowest BCUT2D eigenvalue weighted by Crippen LogP contribution is -2.12. The molecule has 0 unspecified atom stereocenters. The molecule has 0 aliphatic rings. The second-order valence-corrected chi connectivity index (χ2v) is 5.69. The molecule has 1 aromatic carbocycles. The lowest BCUT2D eigenvalue weighted by molar-refractivity contribution is 0.0554. The third-order valence-corrected chi connectivity index (χ3v) is 3.94. The molecule has 24 heavy (non-hydrogen) atoms. The molecule has 122 valence electrons. The van der Waals surface area contributed by atoms with E-state index in [9.17, 15) is 9.59 Å². The fraction of sp³-hybridized carbons (Fsp3) is 0.125. The largest absolute Gasteiger partial charge is 0.463 e. The van der Waals surface area contributed by atoms with Crippen molar-refractivity contribution >= 4 is 28.3 Å². The van der Waals surface area contributed by atoms with Gasteiger partial charge in [0.1, 0.15) is 0 Å². The second kappa shape index (κ2) is 7.05. The predicted octanol–water partition coefficient (Wildman–Crippen LogP) is 2.76. The number of amides is 1. The zero-order valence-corrected chi connectivity index (χ0v) is 13.5. The minimum Gasteiger partial charge on any atom is -0.463 e. The molecule has 0 spiro atoms. The first-order valence-electron chi connectivity index (χ1n) is 7.00. The highest BCUT2D eigenvalue weighted by Crippen LogP contribution is 2.19. The maximum atomic E-state index is 12.1. The summed E-state index contributed by atoms with van der Waals surface area (Å²) in [6.45, 7) is 0. The maximum Gasteiger partial charge on any atom is 0.376 e. The van der Waals surface area contributed by atoms with Crippen molar-refractivity contribution in [3.63, 3.8) is 0 Å². The Morgan fingerprint density at radius 1 is 1.29 bits per heavy atom. The van der Waals surface area contributed by atoms with Gasteiger partial charge >= 0.3 is 5.97 Å². The second-order valence-electron chi connectivity index (χ2n) is 4.83. The summed E-state index contributed by atoms with van der Waals surface area (Å²) in [6.07, 6.45) is 0.684. The summed E-state index contributed by atoms with van der Waals surface area (Å²) in [5.41, 5.74) is 1.98. The van der Waals surface area contributed by atoms with E-state index in [1.54, 1.807) is 0 Å². The van der Waals surface area contributed by atoms with Crippen LogP contribution in [-0.2, 0) is 11.2 Å². The van der Waals surface area contributed by atoms with Gasteiger partial charge in [-0.3, -0.25) is 10.1 Å². The van der Waals surface area contributed by atoms with Crippen LogP contribution in [0.2, 0.25) is 0 Å². The van der Waals surface area contributed by atoms with Crippen LogP contribution in [0.1, 0.15) is 32.3 Å². The van der Waals surface area contributed by atoms with Gasteiger partial charge < -0.3 is 9.26 Å². The number of thiazole rings is 1. The van der Waals surface area contributed by atoms with Gasteiger partial charge in [0.15, 0.2) is 10.8 Å². The topological polar surface area (TPSA) is 94.3 Å². The molecular formula is C16H13N3O4S. The van der Waals surface area contributed by atoms with Crippen molar-refractivity contribution in [2.45, 2.75) is 6.42 Å². The SMILES string of the molecule is COC(=O)c1cc(C(=O)Nc2nc(Cc3ccccc3)cs2)no1. The van der Waals surface area contributed by atoms with Gasteiger partial charge in [-0.25, -0.2) is 9.78 Å². The van der Waals surface area contributed by atoms with Gasteiger partial charge in [-0.2, -0.15) is 0 Å². The van der Waals surface area contributed by atoms with Crippen LogP contribution in [0.5, 0.6) is 0 Å². The lowest BCUT2D eigenvalue weighted by Gasteiger charge is -1.98. The van der Waals surface area contributed by atoms with Crippen LogP contribution in [-0.4, -0.2) is 29.1 Å². The number of benzene rings is 1. The van der Waals surface area contributed by atoms with Crippen molar-refractivity contribution in [3.8, 4) is 0 Å². The monoisotopic (exact) mass is 343 g/mol. The van der Waals surface area contributed by atoms with E-state index < -0.39 is 11.9 Å². The van der Waals surface area contributed by atoms with Crippen molar-refractivity contribution in [2.24, 2.45) is 0 Å². The van der Waals surface area contributed by atoms with E-state index in [1.807, 2.05) is 35.7 Å². The van der Waals surface area contributed by atoms with Gasteiger partial charge in [0.25, 0.3) is 5.91 Å². The number of aromatic nitrogens is 2. The molecule has 0 aliphatic heterocycles. The van der Waals surface area contributed by atoms with E-state index in [-0.39, 0.29) is 11.5 Å². The lowest BCUT2D eigenvalue weighted by atomic mass is 10.1. The van der Waals surface area contributed by atoms with E-state index in [0.717, 1.165) is 11.3 Å². The Hall–Kier alpha value is -3.00. The highest BCUT2D eigenvalue weighted by molar-refractivity contribution is 7.14. The van der Waals surface area contributed by atoms with Gasteiger partial charge in [-0.15, -0.1) is 11.3 Å². The molecule has 1 N–H and O–H groups in total. The summed E-state index contributed by atoms with van der Waals surface area (Å²) in [4.78, 5) is 27.7. The van der Waals surface area contributed by atoms with Crippen LogP contribution in [0.15, 0.2) is 46.3 Å². The van der Waals surface area contributed by atoms with Gasteiger partial charge in [0.05, 0.1) is 12.8 Å². The molecule has 0 saturated heterocycles. The molecule has 8 heteroatoms. The zero-order valence-electron chi connectivity index (χ0n) is 12.7. The summed E-state index contributed by atoms with van der Waals surface area (Å²) in [5, 5.41) is 8.51. The standard InChI is InChI=1S/C16H13N3O4S/c1-22-15(21)13-8-12(19-23-13)14(20)18-16-17-11(9-24-16)7-10-5-3-2-4-6-10/h2-6,8-9H,7H2,1H3,(H,17,18,20). The average Bonchev–Trinajstić information content (AvgIpc) is 3.25. The van der Waals surface area contributed by atoms with Crippen molar-refractivity contribution in [1.82, 2.24) is 10.1 Å². The number of hydrogen-bond acceptors (Lipinski definition) is 7. The fourth-order valence-corrected chi connectivity index (χ4v) is 2.70. The summed E-state index contributed by atoms with van der Waals surface area (Å²) in [6, 6.07) is 11.1. The molecule has 3 aromatic rings. The smallest absolute Gasteiger partial charge is 0.376 e. The number of rotatable bonds is 5. The van der Waals surface area contributed by atoms with Crippen LogP contribution in [0, 0.1) is 0 Å². The van der Waals surface area contributed by atoms with Crippen molar-refractivity contribution in [1.29, 1.82) is 0 Å². The highest BCUT2D eigenvalue weighted by Gasteiger charge is 2.18. The number of anilines is 1. The van der Waals surface area contributed by atoms with Crippen LogP contribution >= 0.6 is 11.3 Å². The Bertz CT molecular complexity index is 857. The maximum absolute atomic E-state index is 12.1. The predicted molar refractivity (Wildman–Crippen MR) is 87.2 cm³/mol. The summed E-state index contributed by atoms with van der Waals surface area (Å²) >= 11 is 1.32. The number of methoxy groups -OCH3 is 1. The Labute approximate surface area is 141 Å². The van der Waals surface area contributed by atoms with Crippen LogP contribution in [0.4, 0.5) is 5.13 Å². The van der Waals surface area contributed by atoms with Crippen LogP contribution in [0.25, 0.3) is 0 Å². The minimum atomic E-state index is -0.694. The van der Waals surface area contributed by atoms with Crippen molar-refractivity contribution in [2.75, 3.05) is 12.4 Å². The van der Waals surface area contributed by atoms with Crippen molar-refractivity contribution < 1.29 is 18.8 Å². The first-order chi connectivity index (χ1) is 11.7. The van der Waals surface area contributed by atoms with Crippen LogP contribution < -0.4 is 5.32 Å². The number of nitrogens with one attached hydrogen (secondary N) is 1. The van der Waals surface area contributed by atoms with Crippen molar-refractivity contribution in [3.05, 3.63) is 64.5 Å². The number of nitrogens with zero attached hydrogens (tertiary/aromatic N) is 2. The first kappa shape index (κ1) is 15.9. The molecule has 3 rings (SSSR count). The summed E-state index contributed by atoms with van der Waals surface area (Å²) < 4.78 is 9.25. The third kappa shape index (κ3) is 3.66. The van der Waals surface area contributed by atoms with E-state index in [4.69, 9.17) is 4.52 Å². The molecule has 0 fully saturated rings. The molecule has 2 aromatic heterocycles. The number of carbonyl (C=O) groups is 2. The van der Waals surface area contributed by atoms with E-state index in [2.05, 4.69) is 20.2 Å². The quantitative estimate of drug-likeness (QED) is 0.716. The number of hydrogen-bond donors (Lipinski definition) is 1. The molecule has 0 radical (unpaired) electrons. The Morgan fingerprint density at radius 3 is 2.83 bits per heavy atom. The molecule has 0 aliphatic carbocycles. The normalized spacial score (nSPS) is 10.4. The molecule has 0 bridgehead atoms. The van der Waals surface area contributed by atoms with E-state index in [1.165, 1.54) is 24.5 Å². The van der Waals surface area contributed by atoms with Crippen LogP contribution in [0.3, 0.4) is 0 Å². The average molecular weight is 343 g/mol. The Balaban J connectivity index is 1.65. The molecular weight excluding hydrogens is 330 g/mol. The summed E-state index contributed by atoms with van der Waals surface area (Å²) in [7, 11) is 1.22. The van der Waals surface area contributed by atoms with Gasteiger partial charge in [-0.1, -0.05) is 35.5 Å². The van der Waals surface area contributed by atoms with Gasteiger partial charge in [0.2, 0.25) is 5.76 Å². The summed E-state index contributed by atoms with van der Waals surface area (Å²) in [5.74, 6) is -1.33. The zero-order chi connectivity index (χ0) is 16.9. The molecule has 2 heterocycles. The molecule has 1 amide bonds. The van der Waals surface area contributed by atoms with E-state index in [0.29, 0.717) is 11.6 Å². The highest BCUT2D eigenvalue weighted by atomic mass is 32.1. The molecule has 7 nitrogen and oxygen atoms in total. The number of esters is 1. The van der Waals surface area contributed by atoms with Gasteiger partial charge in [0, 0.05) is 17.9 Å². The Kier molecular flexibility index (Phi) is 4.66.